The molecule has 0 amide bonds. The molecule has 8 nitrogen and oxygen atoms in total. The summed E-state index contributed by atoms with van der Waals surface area (Å²) in [5.41, 5.74) is 5.07. The number of pyridine rings is 1. The molecule has 1 aliphatic rings. The molecule has 4 aromatic rings. The summed E-state index contributed by atoms with van der Waals surface area (Å²) >= 11 is 0. The van der Waals surface area contributed by atoms with E-state index in [4.69, 9.17) is 4.74 Å². The first-order valence-corrected chi connectivity index (χ1v) is 11.8. The fourth-order valence-electron chi connectivity index (χ4n) is 4.51. The zero-order chi connectivity index (χ0) is 23.5. The van der Waals surface area contributed by atoms with Crippen LogP contribution in [0.4, 0.5) is 0 Å². The van der Waals surface area contributed by atoms with Crippen LogP contribution in [0.5, 0.6) is 0 Å². The van der Waals surface area contributed by atoms with Crippen LogP contribution in [0.1, 0.15) is 40.9 Å². The first-order valence-electron chi connectivity index (χ1n) is 11.8. The molecule has 176 valence electrons. The highest BCUT2D eigenvalue weighted by molar-refractivity contribution is 5.79. The van der Waals surface area contributed by atoms with Crippen molar-refractivity contribution < 1.29 is 4.74 Å². The maximum Gasteiger partial charge on any atom is 0.252 e. The van der Waals surface area contributed by atoms with Crippen LogP contribution < -0.4 is 5.56 Å². The molecule has 0 aliphatic carbocycles. The van der Waals surface area contributed by atoms with Crippen LogP contribution in [0, 0.1) is 13.8 Å². The van der Waals surface area contributed by atoms with Gasteiger partial charge in [-0.2, -0.15) is 0 Å². The van der Waals surface area contributed by atoms with E-state index in [9.17, 15) is 4.79 Å². The topological polar surface area (TPSA) is 88.9 Å². The number of nitrogens with zero attached hydrogens (tertiary/aromatic N) is 5. The van der Waals surface area contributed by atoms with Crippen molar-refractivity contribution in [1.29, 1.82) is 0 Å². The van der Waals surface area contributed by atoms with E-state index >= 15 is 0 Å². The van der Waals surface area contributed by atoms with Crippen LogP contribution in [0.25, 0.3) is 10.9 Å². The van der Waals surface area contributed by atoms with Crippen LogP contribution in [-0.4, -0.2) is 42.8 Å². The van der Waals surface area contributed by atoms with Gasteiger partial charge in [0.25, 0.3) is 5.56 Å². The van der Waals surface area contributed by atoms with E-state index in [1.807, 2.05) is 22.9 Å². The molecule has 0 spiro atoms. The molecule has 1 fully saturated rings. The van der Waals surface area contributed by atoms with Crippen LogP contribution in [0.2, 0.25) is 0 Å². The molecule has 1 saturated heterocycles. The number of aromatic amines is 1. The predicted molar refractivity (Wildman–Crippen MR) is 130 cm³/mol. The van der Waals surface area contributed by atoms with Crippen molar-refractivity contribution in [3.8, 4) is 0 Å². The Morgan fingerprint density at radius 1 is 1.06 bits per heavy atom. The van der Waals surface area contributed by atoms with E-state index in [0.717, 1.165) is 47.3 Å². The fourth-order valence-corrected chi connectivity index (χ4v) is 4.51. The van der Waals surface area contributed by atoms with E-state index in [1.54, 1.807) is 0 Å². The van der Waals surface area contributed by atoms with Crippen molar-refractivity contribution in [2.45, 2.75) is 59.0 Å². The minimum Gasteiger partial charge on any atom is -0.376 e. The zero-order valence-corrected chi connectivity index (χ0v) is 19.7. The van der Waals surface area contributed by atoms with Gasteiger partial charge in [-0.1, -0.05) is 41.5 Å². The number of aromatic nitrogens is 5. The largest absolute Gasteiger partial charge is 0.376 e. The van der Waals surface area contributed by atoms with Gasteiger partial charge in [-0.15, -0.1) is 5.10 Å². The number of nitrogens with one attached hydrogen (secondary N) is 1. The molecule has 34 heavy (non-hydrogen) atoms. The Morgan fingerprint density at radius 3 is 2.68 bits per heavy atom. The Morgan fingerprint density at radius 2 is 1.88 bits per heavy atom. The minimum atomic E-state index is -0.0655. The lowest BCUT2D eigenvalue weighted by Crippen LogP contribution is -2.29. The van der Waals surface area contributed by atoms with Crippen molar-refractivity contribution in [2.24, 2.45) is 0 Å². The van der Waals surface area contributed by atoms with Crippen LogP contribution in [0.15, 0.2) is 53.3 Å². The molecule has 1 aliphatic heterocycles. The van der Waals surface area contributed by atoms with Gasteiger partial charge >= 0.3 is 0 Å². The Hall–Kier alpha value is -3.36. The van der Waals surface area contributed by atoms with Crippen LogP contribution >= 0.6 is 0 Å². The number of tetrazole rings is 1. The first kappa shape index (κ1) is 22.4. The Bertz CT molecular complexity index is 1320. The second-order valence-electron chi connectivity index (χ2n) is 9.26. The lowest BCUT2D eigenvalue weighted by atomic mass is 10.1. The quantitative estimate of drug-likeness (QED) is 0.435. The summed E-state index contributed by atoms with van der Waals surface area (Å²) in [5, 5.41) is 13.5. The molecule has 5 rings (SSSR count). The van der Waals surface area contributed by atoms with Crippen molar-refractivity contribution in [3.05, 3.63) is 87.0 Å². The molecule has 2 aromatic heterocycles. The number of hydrogen-bond donors (Lipinski definition) is 1. The van der Waals surface area contributed by atoms with Gasteiger partial charge < -0.3 is 9.72 Å². The highest BCUT2D eigenvalue weighted by Crippen LogP contribution is 2.18. The average Bonchev–Trinajstić information content (AvgIpc) is 3.49. The number of fused-ring (bicyclic) bond motifs is 1. The smallest absolute Gasteiger partial charge is 0.252 e. The Labute approximate surface area is 198 Å². The van der Waals surface area contributed by atoms with Crippen molar-refractivity contribution in [3.63, 3.8) is 0 Å². The zero-order valence-electron chi connectivity index (χ0n) is 19.7. The minimum absolute atomic E-state index is 0.0655. The highest BCUT2D eigenvalue weighted by Gasteiger charge is 2.20. The van der Waals surface area contributed by atoms with E-state index in [2.05, 4.69) is 69.6 Å². The maximum absolute atomic E-state index is 12.9. The third-order valence-electron chi connectivity index (χ3n) is 6.37. The molecule has 1 N–H and O–H groups in total. The number of H-pyrrole nitrogens is 1. The second-order valence-corrected chi connectivity index (χ2v) is 9.26. The summed E-state index contributed by atoms with van der Waals surface area (Å²) in [6.07, 6.45) is 2.25. The summed E-state index contributed by atoms with van der Waals surface area (Å²) in [4.78, 5) is 18.2. The number of rotatable bonds is 8. The van der Waals surface area contributed by atoms with Crippen LogP contribution in [0.3, 0.4) is 0 Å². The van der Waals surface area contributed by atoms with E-state index in [0.29, 0.717) is 26.2 Å². The predicted octanol–water partition coefficient (Wildman–Crippen LogP) is 3.51. The van der Waals surface area contributed by atoms with Gasteiger partial charge in [-0.3, -0.25) is 9.69 Å². The van der Waals surface area contributed by atoms with Gasteiger partial charge in [-0.25, -0.2) is 4.68 Å². The highest BCUT2D eigenvalue weighted by atomic mass is 16.5. The Balaban J connectivity index is 1.42. The van der Waals surface area contributed by atoms with Gasteiger partial charge in [0.2, 0.25) is 0 Å². The van der Waals surface area contributed by atoms with Gasteiger partial charge in [0.15, 0.2) is 5.82 Å². The van der Waals surface area contributed by atoms with Crippen molar-refractivity contribution in [2.75, 3.05) is 6.61 Å². The second kappa shape index (κ2) is 9.87. The molecule has 0 bridgehead atoms. The molecule has 1 atom stereocenters. The summed E-state index contributed by atoms with van der Waals surface area (Å²) in [6.45, 7) is 7.28. The molecule has 8 heteroatoms. The first-order chi connectivity index (χ1) is 16.5. The van der Waals surface area contributed by atoms with E-state index in [-0.39, 0.29) is 11.7 Å². The average molecular weight is 459 g/mol. The van der Waals surface area contributed by atoms with E-state index < -0.39 is 0 Å². The molecule has 2 aromatic carbocycles. The molecule has 1 unspecified atom stereocenters. The fraction of sp³-hybridized carbons (Fsp3) is 0.385. The maximum atomic E-state index is 12.9. The normalized spacial score (nSPS) is 16.0. The molecular weight excluding hydrogens is 428 g/mol. The van der Waals surface area contributed by atoms with Crippen molar-refractivity contribution >= 4 is 10.9 Å². The van der Waals surface area contributed by atoms with Gasteiger partial charge in [0, 0.05) is 30.8 Å². The van der Waals surface area contributed by atoms with Gasteiger partial charge in [-0.05, 0) is 66.3 Å². The van der Waals surface area contributed by atoms with Crippen molar-refractivity contribution in [1.82, 2.24) is 30.1 Å². The molecule has 0 radical (unpaired) electrons. The summed E-state index contributed by atoms with van der Waals surface area (Å²) in [6, 6.07) is 16.5. The summed E-state index contributed by atoms with van der Waals surface area (Å²) in [5.74, 6) is 0.774. The SMILES string of the molecule is Cc1ccc(CN(Cc2cc3cc(C)ccc3[nH]c2=O)Cc2nnnn2CC2CCCO2)cc1. The third kappa shape index (κ3) is 5.24. The number of ether oxygens (including phenoxy) is 1. The van der Waals surface area contributed by atoms with Crippen LogP contribution in [-0.2, 0) is 30.9 Å². The lowest BCUT2D eigenvalue weighted by molar-refractivity contribution is 0.0914. The molecule has 3 heterocycles. The molecule has 0 saturated carbocycles. The Kier molecular flexibility index (Phi) is 6.51. The number of benzene rings is 2. The van der Waals surface area contributed by atoms with E-state index in [1.165, 1.54) is 11.1 Å². The monoisotopic (exact) mass is 458 g/mol. The lowest BCUT2D eigenvalue weighted by Gasteiger charge is -2.22. The number of hydrogen-bond acceptors (Lipinski definition) is 6. The number of aryl methyl sites for hydroxylation is 2. The van der Waals surface area contributed by atoms with Gasteiger partial charge in [0.05, 0.1) is 19.2 Å². The summed E-state index contributed by atoms with van der Waals surface area (Å²) < 4.78 is 7.62. The molecular formula is C26H30N6O2. The standard InChI is InChI=1S/C26H30N6O2/c1-18-5-8-20(9-6-18)14-31(17-25-28-29-30-32(25)16-23-4-3-11-34-23)15-22-13-21-12-19(2)7-10-24(21)27-26(22)33/h5-10,12-13,23H,3-4,11,14-17H2,1-2H3,(H,27,33). The summed E-state index contributed by atoms with van der Waals surface area (Å²) in [7, 11) is 0. The third-order valence-corrected chi connectivity index (χ3v) is 6.37. The van der Waals surface area contributed by atoms with Gasteiger partial charge in [0.1, 0.15) is 0 Å².